The quantitative estimate of drug-likeness (QED) is 0.266. The Balaban J connectivity index is 1.57. The lowest BCUT2D eigenvalue weighted by atomic mass is 10.0. The number of rotatable bonds is 7. The summed E-state index contributed by atoms with van der Waals surface area (Å²) in [5.74, 6) is 0.579. The number of aryl methyl sites for hydroxylation is 1. The summed E-state index contributed by atoms with van der Waals surface area (Å²) < 4.78 is 5.56. The number of hydrogen-bond donors (Lipinski definition) is 2. The molecule has 0 bridgehead atoms. The van der Waals surface area contributed by atoms with E-state index in [4.69, 9.17) is 21.3 Å². The lowest BCUT2D eigenvalue weighted by molar-refractivity contribution is 0.0952. The molecule has 6 nitrogen and oxygen atoms in total. The number of benzene rings is 3. The average Bonchev–Trinajstić information content (AvgIpc) is 3.33. The number of H-pyrrole nitrogens is 1. The van der Waals surface area contributed by atoms with Gasteiger partial charge in [-0.1, -0.05) is 53.6 Å². The molecule has 36 heavy (non-hydrogen) atoms. The van der Waals surface area contributed by atoms with Crippen LogP contribution in [0.25, 0.3) is 33.5 Å². The Bertz CT molecular complexity index is 1510. The minimum Gasteiger partial charge on any atom is -0.494 e. The van der Waals surface area contributed by atoms with Crippen LogP contribution < -0.4 is 10.1 Å². The van der Waals surface area contributed by atoms with E-state index in [-0.39, 0.29) is 5.91 Å². The lowest BCUT2D eigenvalue weighted by Gasteiger charge is -2.11. The van der Waals surface area contributed by atoms with Crippen molar-refractivity contribution in [1.29, 1.82) is 0 Å². The SMILES string of the molecule is CCOc1ccc(-c2cc(C(=O)NCc3ccc(C)cc3)c3c(-c4ccc(Cl)cc4)[nH]nc3n2)cc1. The Labute approximate surface area is 214 Å². The monoisotopic (exact) mass is 496 g/mol. The van der Waals surface area contributed by atoms with Gasteiger partial charge in [0.15, 0.2) is 5.65 Å². The number of amides is 1. The van der Waals surface area contributed by atoms with Crippen molar-refractivity contribution < 1.29 is 9.53 Å². The number of fused-ring (bicyclic) bond motifs is 1. The van der Waals surface area contributed by atoms with E-state index in [0.29, 0.717) is 46.2 Å². The molecule has 2 N–H and O–H groups in total. The van der Waals surface area contributed by atoms with Crippen LogP contribution >= 0.6 is 11.6 Å². The zero-order valence-corrected chi connectivity index (χ0v) is 20.8. The summed E-state index contributed by atoms with van der Waals surface area (Å²) in [6, 6.07) is 25.0. The molecule has 0 aliphatic carbocycles. The molecule has 0 aliphatic rings. The number of nitrogens with one attached hydrogen (secondary N) is 2. The second-order valence-electron chi connectivity index (χ2n) is 8.48. The van der Waals surface area contributed by atoms with E-state index in [1.54, 1.807) is 0 Å². The van der Waals surface area contributed by atoms with E-state index in [0.717, 1.165) is 22.4 Å². The summed E-state index contributed by atoms with van der Waals surface area (Å²) in [6.07, 6.45) is 0. The number of halogens is 1. The predicted octanol–water partition coefficient (Wildman–Crippen LogP) is 6.58. The minimum absolute atomic E-state index is 0.202. The average molecular weight is 497 g/mol. The van der Waals surface area contributed by atoms with Gasteiger partial charge in [-0.25, -0.2) is 4.98 Å². The van der Waals surface area contributed by atoms with E-state index >= 15 is 0 Å². The molecular weight excluding hydrogens is 472 g/mol. The van der Waals surface area contributed by atoms with Crippen molar-refractivity contribution >= 4 is 28.5 Å². The first-order chi connectivity index (χ1) is 17.5. The van der Waals surface area contributed by atoms with E-state index in [9.17, 15) is 4.79 Å². The number of aromatic nitrogens is 3. The van der Waals surface area contributed by atoms with Crippen molar-refractivity contribution in [2.75, 3.05) is 6.61 Å². The number of ether oxygens (including phenoxy) is 1. The van der Waals surface area contributed by atoms with Crippen LogP contribution in [0.3, 0.4) is 0 Å². The Hall–Kier alpha value is -4.16. The Morgan fingerprint density at radius 2 is 1.67 bits per heavy atom. The third kappa shape index (κ3) is 4.95. The summed E-state index contributed by atoms with van der Waals surface area (Å²) in [5, 5.41) is 11.9. The number of pyridine rings is 1. The van der Waals surface area contributed by atoms with Crippen LogP contribution in [0.15, 0.2) is 78.9 Å². The molecule has 0 fully saturated rings. The maximum Gasteiger partial charge on any atom is 0.252 e. The number of carbonyl (C=O) groups excluding carboxylic acids is 1. The second kappa shape index (κ2) is 10.2. The fraction of sp³-hybridized carbons (Fsp3) is 0.138. The lowest BCUT2D eigenvalue weighted by Crippen LogP contribution is -2.23. The molecule has 0 atom stereocenters. The first kappa shape index (κ1) is 23.6. The highest BCUT2D eigenvalue weighted by Gasteiger charge is 2.20. The zero-order chi connectivity index (χ0) is 25.1. The van der Waals surface area contributed by atoms with Crippen LogP contribution in [-0.2, 0) is 6.54 Å². The number of aromatic amines is 1. The van der Waals surface area contributed by atoms with Crippen molar-refractivity contribution in [3.05, 3.63) is 101 Å². The highest BCUT2D eigenvalue weighted by atomic mass is 35.5. The summed E-state index contributed by atoms with van der Waals surface area (Å²) in [5.41, 5.74) is 6.26. The minimum atomic E-state index is -0.202. The molecule has 0 saturated heterocycles. The summed E-state index contributed by atoms with van der Waals surface area (Å²) in [6.45, 7) is 4.99. The molecule has 5 aromatic rings. The highest BCUT2D eigenvalue weighted by molar-refractivity contribution is 6.30. The number of nitrogens with zero attached hydrogens (tertiary/aromatic N) is 2. The predicted molar refractivity (Wildman–Crippen MR) is 143 cm³/mol. The molecule has 0 saturated carbocycles. The normalized spacial score (nSPS) is 11.0. The third-order valence-corrected chi connectivity index (χ3v) is 6.19. The number of hydrogen-bond acceptors (Lipinski definition) is 4. The van der Waals surface area contributed by atoms with Crippen molar-refractivity contribution in [2.45, 2.75) is 20.4 Å². The van der Waals surface area contributed by atoms with Gasteiger partial charge >= 0.3 is 0 Å². The van der Waals surface area contributed by atoms with Crippen molar-refractivity contribution in [1.82, 2.24) is 20.5 Å². The fourth-order valence-electron chi connectivity index (χ4n) is 4.05. The van der Waals surface area contributed by atoms with Crippen LogP contribution in [0, 0.1) is 6.92 Å². The molecule has 1 amide bonds. The van der Waals surface area contributed by atoms with Gasteiger partial charge in [-0.3, -0.25) is 9.89 Å². The molecule has 2 aromatic heterocycles. The zero-order valence-electron chi connectivity index (χ0n) is 20.0. The van der Waals surface area contributed by atoms with Gasteiger partial charge in [0.05, 0.1) is 28.9 Å². The molecule has 0 unspecified atom stereocenters. The van der Waals surface area contributed by atoms with Crippen LogP contribution in [0.4, 0.5) is 0 Å². The summed E-state index contributed by atoms with van der Waals surface area (Å²) in [4.78, 5) is 18.3. The standard InChI is InChI=1S/C29H25ClN4O2/c1-3-36-23-14-10-20(11-15-23)25-16-24(29(35)31-17-19-6-4-18(2)5-7-19)26-27(33-34-28(26)32-25)21-8-12-22(30)13-9-21/h4-16H,3,17H2,1-2H3,(H,31,35)(H,32,33,34). The summed E-state index contributed by atoms with van der Waals surface area (Å²) in [7, 11) is 0. The largest absolute Gasteiger partial charge is 0.494 e. The summed E-state index contributed by atoms with van der Waals surface area (Å²) >= 11 is 6.09. The Morgan fingerprint density at radius 1 is 0.972 bits per heavy atom. The third-order valence-electron chi connectivity index (χ3n) is 5.94. The molecule has 5 rings (SSSR count). The van der Waals surface area contributed by atoms with Gasteiger partial charge in [0.2, 0.25) is 0 Å². The van der Waals surface area contributed by atoms with Gasteiger partial charge in [0, 0.05) is 22.7 Å². The molecule has 180 valence electrons. The highest BCUT2D eigenvalue weighted by Crippen LogP contribution is 2.32. The topological polar surface area (TPSA) is 79.9 Å². The molecule has 3 aromatic carbocycles. The van der Waals surface area contributed by atoms with Crippen LogP contribution in [0.2, 0.25) is 5.02 Å². The molecule has 7 heteroatoms. The van der Waals surface area contributed by atoms with Gasteiger partial charge in [0.25, 0.3) is 5.91 Å². The van der Waals surface area contributed by atoms with Gasteiger partial charge in [-0.2, -0.15) is 5.10 Å². The molecular formula is C29H25ClN4O2. The van der Waals surface area contributed by atoms with E-state index in [1.807, 2.05) is 92.7 Å². The van der Waals surface area contributed by atoms with E-state index in [2.05, 4.69) is 15.5 Å². The smallest absolute Gasteiger partial charge is 0.252 e. The van der Waals surface area contributed by atoms with Crippen molar-refractivity contribution in [3.8, 4) is 28.3 Å². The second-order valence-corrected chi connectivity index (χ2v) is 8.92. The molecule has 2 heterocycles. The molecule has 0 radical (unpaired) electrons. The van der Waals surface area contributed by atoms with Crippen molar-refractivity contribution in [2.24, 2.45) is 0 Å². The van der Waals surface area contributed by atoms with Crippen molar-refractivity contribution in [3.63, 3.8) is 0 Å². The van der Waals surface area contributed by atoms with Gasteiger partial charge in [-0.05, 0) is 61.9 Å². The van der Waals surface area contributed by atoms with Crippen LogP contribution in [0.1, 0.15) is 28.4 Å². The Kier molecular flexibility index (Phi) is 6.69. The number of carbonyl (C=O) groups is 1. The van der Waals surface area contributed by atoms with E-state index in [1.165, 1.54) is 5.56 Å². The van der Waals surface area contributed by atoms with Crippen LogP contribution in [0.5, 0.6) is 5.75 Å². The van der Waals surface area contributed by atoms with E-state index < -0.39 is 0 Å². The Morgan fingerprint density at radius 3 is 2.36 bits per heavy atom. The maximum atomic E-state index is 13.5. The fourth-order valence-corrected chi connectivity index (χ4v) is 4.17. The van der Waals surface area contributed by atoms with Gasteiger partial charge in [-0.15, -0.1) is 0 Å². The maximum absolute atomic E-state index is 13.5. The molecule has 0 aliphatic heterocycles. The first-order valence-electron chi connectivity index (χ1n) is 11.7. The van der Waals surface area contributed by atoms with Crippen LogP contribution in [-0.4, -0.2) is 27.7 Å². The molecule has 0 spiro atoms. The van der Waals surface area contributed by atoms with Gasteiger partial charge < -0.3 is 10.1 Å². The first-order valence-corrected chi connectivity index (χ1v) is 12.1. The van der Waals surface area contributed by atoms with Gasteiger partial charge in [0.1, 0.15) is 5.75 Å².